The molecule has 0 saturated heterocycles. The van der Waals surface area contributed by atoms with Crippen LogP contribution < -0.4 is 0 Å². The Bertz CT molecular complexity index is 618. The Labute approximate surface area is 103 Å². The lowest BCUT2D eigenvalue weighted by Gasteiger charge is -2.09. The van der Waals surface area contributed by atoms with Crippen molar-refractivity contribution in [1.82, 2.24) is 9.97 Å². The molecule has 100 valence electrons. The lowest BCUT2D eigenvalue weighted by Crippen LogP contribution is -2.06. The van der Waals surface area contributed by atoms with E-state index in [1.165, 1.54) is 0 Å². The van der Waals surface area contributed by atoms with E-state index in [1.54, 1.807) is 0 Å². The third kappa shape index (κ3) is 2.03. The number of aliphatic hydroxyl groups is 1. The zero-order valence-electron chi connectivity index (χ0n) is 9.09. The van der Waals surface area contributed by atoms with Gasteiger partial charge in [0.15, 0.2) is 23.3 Å². The summed E-state index contributed by atoms with van der Waals surface area (Å²) in [5.74, 6) is -10.4. The van der Waals surface area contributed by atoms with Gasteiger partial charge in [0.25, 0.3) is 0 Å². The third-order valence-corrected chi connectivity index (χ3v) is 2.40. The number of halogens is 5. The summed E-state index contributed by atoms with van der Waals surface area (Å²) in [4.78, 5) is 6.93. The minimum absolute atomic E-state index is 0.161. The van der Waals surface area contributed by atoms with Crippen molar-refractivity contribution >= 4 is 0 Å². The van der Waals surface area contributed by atoms with Gasteiger partial charge in [0.1, 0.15) is 6.33 Å². The zero-order valence-corrected chi connectivity index (χ0v) is 9.09. The van der Waals surface area contributed by atoms with Crippen LogP contribution in [0.15, 0.2) is 12.5 Å². The highest BCUT2D eigenvalue weighted by molar-refractivity contribution is 5.64. The molecule has 1 aromatic carbocycles. The summed E-state index contributed by atoms with van der Waals surface area (Å²) in [7, 11) is 0. The Morgan fingerprint density at radius 2 is 1.42 bits per heavy atom. The van der Waals surface area contributed by atoms with Crippen LogP contribution in [0.25, 0.3) is 11.3 Å². The van der Waals surface area contributed by atoms with Gasteiger partial charge in [-0.05, 0) is 0 Å². The molecule has 3 nitrogen and oxygen atoms in total. The first-order valence-corrected chi connectivity index (χ1v) is 4.90. The van der Waals surface area contributed by atoms with Crippen LogP contribution in [-0.4, -0.2) is 15.1 Å². The van der Waals surface area contributed by atoms with Crippen LogP contribution in [0.3, 0.4) is 0 Å². The van der Waals surface area contributed by atoms with Gasteiger partial charge in [-0.15, -0.1) is 0 Å². The molecule has 0 atom stereocenters. The maximum Gasteiger partial charge on any atom is 0.200 e. The molecule has 0 amide bonds. The Hall–Kier alpha value is -2.09. The number of aromatic nitrogens is 2. The first-order chi connectivity index (χ1) is 8.99. The first-order valence-electron chi connectivity index (χ1n) is 4.90. The van der Waals surface area contributed by atoms with Crippen LogP contribution in [0.4, 0.5) is 22.0 Å². The molecule has 0 aliphatic heterocycles. The Kier molecular flexibility index (Phi) is 3.43. The van der Waals surface area contributed by atoms with E-state index in [9.17, 15) is 22.0 Å². The fourth-order valence-electron chi connectivity index (χ4n) is 1.51. The van der Waals surface area contributed by atoms with Gasteiger partial charge in [-0.25, -0.2) is 31.9 Å². The van der Waals surface area contributed by atoms with Crippen molar-refractivity contribution in [3.63, 3.8) is 0 Å². The van der Waals surface area contributed by atoms with Gasteiger partial charge in [-0.2, -0.15) is 0 Å². The fourth-order valence-corrected chi connectivity index (χ4v) is 1.51. The average molecular weight is 276 g/mol. The maximum atomic E-state index is 13.5. The van der Waals surface area contributed by atoms with E-state index in [0.29, 0.717) is 0 Å². The van der Waals surface area contributed by atoms with Crippen molar-refractivity contribution < 1.29 is 27.1 Å². The van der Waals surface area contributed by atoms with Crippen LogP contribution in [-0.2, 0) is 6.61 Å². The van der Waals surface area contributed by atoms with E-state index in [4.69, 9.17) is 5.11 Å². The number of rotatable bonds is 2. The molecular formula is C11H5F5N2O. The van der Waals surface area contributed by atoms with Gasteiger partial charge < -0.3 is 5.11 Å². The zero-order chi connectivity index (χ0) is 14.2. The van der Waals surface area contributed by atoms with Crippen molar-refractivity contribution in [2.75, 3.05) is 0 Å². The van der Waals surface area contributed by atoms with E-state index in [2.05, 4.69) is 9.97 Å². The summed E-state index contributed by atoms with van der Waals surface area (Å²) in [6, 6.07) is 0. The summed E-state index contributed by atoms with van der Waals surface area (Å²) >= 11 is 0. The number of aliphatic hydroxyl groups excluding tert-OH is 1. The minimum atomic E-state index is -2.25. The molecule has 2 aromatic rings. The van der Waals surface area contributed by atoms with Crippen LogP contribution in [0.2, 0.25) is 0 Å². The Balaban J connectivity index is 2.83. The van der Waals surface area contributed by atoms with Gasteiger partial charge in [-0.3, -0.25) is 0 Å². The molecule has 19 heavy (non-hydrogen) atoms. The highest BCUT2D eigenvalue weighted by atomic mass is 19.2. The van der Waals surface area contributed by atoms with Crippen molar-refractivity contribution in [1.29, 1.82) is 0 Å². The van der Waals surface area contributed by atoms with Crippen LogP contribution in [0, 0.1) is 29.1 Å². The molecule has 8 heteroatoms. The molecule has 1 N–H and O–H groups in total. The molecule has 0 spiro atoms. The van der Waals surface area contributed by atoms with Crippen molar-refractivity contribution in [2.45, 2.75) is 6.61 Å². The quantitative estimate of drug-likeness (QED) is 0.520. The van der Waals surface area contributed by atoms with Gasteiger partial charge in [0, 0.05) is 11.8 Å². The second kappa shape index (κ2) is 4.88. The van der Waals surface area contributed by atoms with Crippen molar-refractivity contribution in [3.05, 3.63) is 47.2 Å². The number of nitrogens with zero attached hydrogens (tertiary/aromatic N) is 2. The smallest absolute Gasteiger partial charge is 0.200 e. The first kappa shape index (κ1) is 13.3. The van der Waals surface area contributed by atoms with Gasteiger partial charge in [0.05, 0.1) is 17.9 Å². The molecule has 1 aromatic heterocycles. The van der Waals surface area contributed by atoms with Crippen LogP contribution in [0.5, 0.6) is 0 Å². The molecule has 0 fully saturated rings. The molecule has 0 unspecified atom stereocenters. The molecule has 0 radical (unpaired) electrons. The maximum absolute atomic E-state index is 13.5. The highest BCUT2D eigenvalue weighted by Crippen LogP contribution is 2.31. The Morgan fingerprint density at radius 3 is 1.95 bits per heavy atom. The van der Waals surface area contributed by atoms with Crippen LogP contribution in [0.1, 0.15) is 5.56 Å². The van der Waals surface area contributed by atoms with Gasteiger partial charge in [0.2, 0.25) is 5.82 Å². The molecule has 0 bridgehead atoms. The number of hydrogen-bond acceptors (Lipinski definition) is 3. The van der Waals surface area contributed by atoms with Crippen molar-refractivity contribution in [3.8, 4) is 11.3 Å². The summed E-state index contributed by atoms with van der Waals surface area (Å²) in [6.07, 6.45) is 1.88. The largest absolute Gasteiger partial charge is 0.392 e. The fraction of sp³-hybridized carbons (Fsp3) is 0.0909. The molecule has 0 aliphatic carbocycles. The molecule has 2 rings (SSSR count). The summed E-state index contributed by atoms with van der Waals surface area (Å²) in [5, 5.41) is 8.97. The van der Waals surface area contributed by atoms with E-state index >= 15 is 0 Å². The van der Waals surface area contributed by atoms with E-state index in [1.807, 2.05) is 0 Å². The highest BCUT2D eigenvalue weighted by Gasteiger charge is 2.28. The monoisotopic (exact) mass is 276 g/mol. The van der Waals surface area contributed by atoms with Crippen molar-refractivity contribution in [2.24, 2.45) is 0 Å². The molecule has 0 aliphatic rings. The van der Waals surface area contributed by atoms with E-state index in [0.717, 1.165) is 12.5 Å². The second-order valence-electron chi connectivity index (χ2n) is 3.50. The molecular weight excluding hydrogens is 271 g/mol. The SMILES string of the molecule is OCc1cncnc1-c1c(F)c(F)c(F)c(F)c1F. The minimum Gasteiger partial charge on any atom is -0.392 e. The summed E-state index contributed by atoms with van der Waals surface area (Å²) in [6.45, 7) is -0.713. The van der Waals surface area contributed by atoms with Crippen LogP contribution >= 0.6 is 0 Å². The predicted octanol–water partition coefficient (Wildman–Crippen LogP) is 2.33. The Morgan fingerprint density at radius 1 is 0.895 bits per heavy atom. The predicted molar refractivity (Wildman–Crippen MR) is 53.2 cm³/mol. The third-order valence-electron chi connectivity index (χ3n) is 2.40. The second-order valence-corrected chi connectivity index (χ2v) is 3.50. The summed E-state index contributed by atoms with van der Waals surface area (Å²) < 4.78 is 66.1. The van der Waals surface area contributed by atoms with E-state index < -0.39 is 47.0 Å². The lowest BCUT2D eigenvalue weighted by molar-refractivity contribution is 0.281. The topological polar surface area (TPSA) is 46.0 Å². The van der Waals surface area contributed by atoms with Gasteiger partial charge >= 0.3 is 0 Å². The van der Waals surface area contributed by atoms with Gasteiger partial charge in [-0.1, -0.05) is 0 Å². The molecule has 1 heterocycles. The lowest BCUT2D eigenvalue weighted by atomic mass is 10.1. The van der Waals surface area contributed by atoms with E-state index in [-0.39, 0.29) is 5.56 Å². The normalized spacial score (nSPS) is 10.8. The molecule has 0 saturated carbocycles. The summed E-state index contributed by atoms with van der Waals surface area (Å²) in [5.41, 5.74) is -1.90. The number of benzene rings is 1. The number of hydrogen-bond donors (Lipinski definition) is 1. The standard InChI is InChI=1S/C11H5F5N2O/c12-6-5(7(13)9(15)10(16)8(6)14)11-4(2-19)1-17-3-18-11/h1,3,19H,2H2. The average Bonchev–Trinajstić information content (AvgIpc) is 2.44.